The van der Waals surface area contributed by atoms with Crippen molar-refractivity contribution in [3.05, 3.63) is 23.8 Å². The van der Waals surface area contributed by atoms with Gasteiger partial charge < -0.3 is 4.74 Å². The van der Waals surface area contributed by atoms with Crippen molar-refractivity contribution >= 4 is 5.97 Å². The fourth-order valence-electron chi connectivity index (χ4n) is 5.71. The Labute approximate surface area is 151 Å². The van der Waals surface area contributed by atoms with Crippen LogP contribution in [0.15, 0.2) is 23.8 Å². The van der Waals surface area contributed by atoms with Crippen molar-refractivity contribution in [1.29, 1.82) is 0 Å². The SMILES string of the molecule is COC(=O)C=C(C)CCC1C2(C)C=CC3(OO2)C(C)(C)CCCC13C. The number of hydrogen-bond acceptors (Lipinski definition) is 4. The molecule has 4 atom stereocenters. The summed E-state index contributed by atoms with van der Waals surface area (Å²) >= 11 is 0. The van der Waals surface area contributed by atoms with Crippen LogP contribution < -0.4 is 0 Å². The molecule has 1 saturated carbocycles. The van der Waals surface area contributed by atoms with Crippen LogP contribution in [0.4, 0.5) is 0 Å². The van der Waals surface area contributed by atoms with E-state index in [1.165, 1.54) is 13.5 Å². The molecule has 1 spiro atoms. The number of methoxy groups -OCH3 is 1. The molecule has 0 aromatic heterocycles. The zero-order valence-corrected chi connectivity index (χ0v) is 16.5. The number of fused-ring (bicyclic) bond motifs is 1. The fourth-order valence-corrected chi connectivity index (χ4v) is 5.71. The van der Waals surface area contributed by atoms with Crippen LogP contribution in [0, 0.1) is 16.7 Å². The van der Waals surface area contributed by atoms with Gasteiger partial charge in [0.25, 0.3) is 0 Å². The van der Waals surface area contributed by atoms with Gasteiger partial charge in [0.2, 0.25) is 0 Å². The monoisotopic (exact) mass is 348 g/mol. The van der Waals surface area contributed by atoms with Crippen molar-refractivity contribution in [1.82, 2.24) is 0 Å². The molecule has 4 aliphatic rings. The van der Waals surface area contributed by atoms with Crippen LogP contribution in [0.2, 0.25) is 0 Å². The van der Waals surface area contributed by atoms with E-state index in [-0.39, 0.29) is 22.4 Å². The third-order valence-electron chi connectivity index (χ3n) is 7.21. The van der Waals surface area contributed by atoms with Gasteiger partial charge in [-0.05, 0) is 45.6 Å². The van der Waals surface area contributed by atoms with Crippen LogP contribution in [-0.4, -0.2) is 24.3 Å². The number of hydrogen-bond donors (Lipinski definition) is 0. The summed E-state index contributed by atoms with van der Waals surface area (Å²) in [4.78, 5) is 23.6. The number of esters is 1. The predicted octanol–water partition coefficient (Wildman–Crippen LogP) is 4.75. The van der Waals surface area contributed by atoms with Gasteiger partial charge in [0.1, 0.15) is 11.2 Å². The van der Waals surface area contributed by atoms with Crippen LogP contribution in [0.3, 0.4) is 0 Å². The molecule has 2 fully saturated rings. The van der Waals surface area contributed by atoms with Crippen LogP contribution >= 0.6 is 0 Å². The third kappa shape index (κ3) is 2.60. The quantitative estimate of drug-likeness (QED) is 0.318. The Kier molecular flexibility index (Phi) is 4.44. The van der Waals surface area contributed by atoms with E-state index in [0.717, 1.165) is 31.3 Å². The van der Waals surface area contributed by atoms with Crippen LogP contribution in [0.25, 0.3) is 0 Å². The Balaban J connectivity index is 1.91. The number of carbonyl (C=O) groups excluding carboxylic acids is 1. The zero-order valence-electron chi connectivity index (χ0n) is 16.5. The van der Waals surface area contributed by atoms with Gasteiger partial charge in [-0.25, -0.2) is 14.6 Å². The highest BCUT2D eigenvalue weighted by Gasteiger charge is 2.70. The molecule has 0 amide bonds. The summed E-state index contributed by atoms with van der Waals surface area (Å²) in [5.41, 5.74) is 0.334. The molecule has 4 nitrogen and oxygen atoms in total. The molecular weight excluding hydrogens is 316 g/mol. The van der Waals surface area contributed by atoms with Gasteiger partial charge in [-0.2, -0.15) is 0 Å². The predicted molar refractivity (Wildman–Crippen MR) is 96.7 cm³/mol. The summed E-state index contributed by atoms with van der Waals surface area (Å²) in [6.07, 6.45) is 11.4. The van der Waals surface area contributed by atoms with Crippen molar-refractivity contribution < 1.29 is 19.3 Å². The normalized spacial score (nSPS) is 42.2. The Bertz CT molecular complexity index is 619. The third-order valence-corrected chi connectivity index (χ3v) is 7.21. The molecule has 2 bridgehead atoms. The molecule has 0 aromatic rings. The number of carbonyl (C=O) groups is 1. The van der Waals surface area contributed by atoms with Gasteiger partial charge in [0, 0.05) is 22.8 Å². The molecule has 0 aromatic carbocycles. The van der Waals surface area contributed by atoms with Gasteiger partial charge in [0.15, 0.2) is 0 Å². The average molecular weight is 348 g/mol. The Morgan fingerprint density at radius 2 is 1.92 bits per heavy atom. The fraction of sp³-hybridized carbons (Fsp3) is 0.762. The lowest BCUT2D eigenvalue weighted by Crippen LogP contribution is -2.72. The number of allylic oxidation sites excluding steroid dienone is 1. The molecule has 0 N–H and O–H groups in total. The molecule has 2 heterocycles. The van der Waals surface area contributed by atoms with Crippen molar-refractivity contribution in [3.8, 4) is 0 Å². The van der Waals surface area contributed by atoms with Crippen LogP contribution in [-0.2, 0) is 19.3 Å². The van der Waals surface area contributed by atoms with Gasteiger partial charge in [0.05, 0.1) is 7.11 Å². The summed E-state index contributed by atoms with van der Waals surface area (Å²) < 4.78 is 4.74. The van der Waals surface area contributed by atoms with E-state index in [1.54, 1.807) is 6.08 Å². The highest BCUT2D eigenvalue weighted by atomic mass is 17.2. The maximum absolute atomic E-state index is 11.5. The van der Waals surface area contributed by atoms with E-state index >= 15 is 0 Å². The second-order valence-corrected chi connectivity index (χ2v) is 9.18. The average Bonchev–Trinajstić information content (AvgIpc) is 2.53. The summed E-state index contributed by atoms with van der Waals surface area (Å²) in [5, 5.41) is 0. The van der Waals surface area contributed by atoms with Crippen molar-refractivity contribution in [2.45, 2.75) is 77.9 Å². The van der Waals surface area contributed by atoms with E-state index in [9.17, 15) is 4.79 Å². The lowest BCUT2D eigenvalue weighted by Gasteiger charge is -2.68. The Morgan fingerprint density at radius 1 is 1.20 bits per heavy atom. The molecule has 4 unspecified atom stereocenters. The molecule has 2 aliphatic heterocycles. The minimum absolute atomic E-state index is 0.0298. The molecule has 0 radical (unpaired) electrons. The summed E-state index contributed by atoms with van der Waals surface area (Å²) in [5.74, 6) is 0.0640. The number of ether oxygens (including phenoxy) is 1. The summed E-state index contributed by atoms with van der Waals surface area (Å²) in [7, 11) is 1.41. The lowest BCUT2D eigenvalue weighted by atomic mass is 9.44. The highest BCUT2D eigenvalue weighted by molar-refractivity contribution is 5.82. The van der Waals surface area contributed by atoms with Crippen molar-refractivity contribution in [2.24, 2.45) is 16.7 Å². The van der Waals surface area contributed by atoms with E-state index < -0.39 is 5.60 Å². The van der Waals surface area contributed by atoms with E-state index in [1.807, 2.05) is 6.92 Å². The molecule has 140 valence electrons. The van der Waals surface area contributed by atoms with Crippen LogP contribution in [0.5, 0.6) is 0 Å². The second-order valence-electron chi connectivity index (χ2n) is 9.18. The van der Waals surface area contributed by atoms with E-state index in [2.05, 4.69) is 39.8 Å². The highest BCUT2D eigenvalue weighted by Crippen LogP contribution is 2.68. The largest absolute Gasteiger partial charge is 0.466 e. The summed E-state index contributed by atoms with van der Waals surface area (Å²) in [6.45, 7) is 11.1. The molecular formula is C21H32O4. The van der Waals surface area contributed by atoms with Gasteiger partial charge in [-0.15, -0.1) is 0 Å². The Morgan fingerprint density at radius 3 is 2.52 bits per heavy atom. The van der Waals surface area contributed by atoms with Crippen molar-refractivity contribution in [2.75, 3.05) is 7.11 Å². The van der Waals surface area contributed by atoms with Crippen LogP contribution in [0.1, 0.15) is 66.7 Å². The number of rotatable bonds is 4. The standard InChI is InChI=1S/C21H32O4/c1-15(14-17(22)23-6)8-9-16-19(4)11-7-10-18(2,3)21(19)13-12-20(16,5)24-25-21/h12-14,16H,7-11H2,1-6H3. The first kappa shape index (κ1) is 18.7. The first-order valence-corrected chi connectivity index (χ1v) is 9.43. The maximum atomic E-state index is 11.5. The first-order chi connectivity index (χ1) is 11.6. The van der Waals surface area contributed by atoms with Gasteiger partial charge >= 0.3 is 5.97 Å². The van der Waals surface area contributed by atoms with E-state index in [4.69, 9.17) is 14.5 Å². The van der Waals surface area contributed by atoms with Gasteiger partial charge in [-0.3, -0.25) is 0 Å². The Hall–Kier alpha value is -1.13. The minimum Gasteiger partial charge on any atom is -0.466 e. The second kappa shape index (κ2) is 5.95. The molecule has 25 heavy (non-hydrogen) atoms. The minimum atomic E-state index is -0.407. The van der Waals surface area contributed by atoms with Gasteiger partial charge in [-0.1, -0.05) is 38.8 Å². The molecule has 4 rings (SSSR count). The first-order valence-electron chi connectivity index (χ1n) is 9.43. The molecule has 2 aliphatic carbocycles. The molecule has 4 heteroatoms. The maximum Gasteiger partial charge on any atom is 0.330 e. The molecule has 1 saturated heterocycles. The van der Waals surface area contributed by atoms with E-state index in [0.29, 0.717) is 5.92 Å². The lowest BCUT2D eigenvalue weighted by molar-refractivity contribution is -0.493. The zero-order chi connectivity index (χ0) is 18.5. The summed E-state index contributed by atoms with van der Waals surface area (Å²) in [6, 6.07) is 0. The smallest absolute Gasteiger partial charge is 0.330 e. The van der Waals surface area contributed by atoms with Crippen molar-refractivity contribution in [3.63, 3.8) is 0 Å². The topological polar surface area (TPSA) is 44.8 Å².